The van der Waals surface area contributed by atoms with Crippen molar-refractivity contribution in [2.45, 2.75) is 33.6 Å². The van der Waals surface area contributed by atoms with Gasteiger partial charge in [-0.05, 0) is 37.3 Å². The zero-order valence-electron chi connectivity index (χ0n) is 10.4. The Labute approximate surface area is 104 Å². The van der Waals surface area contributed by atoms with Gasteiger partial charge in [0.2, 0.25) is 9.05 Å². The fourth-order valence-electron chi connectivity index (χ4n) is 2.20. The summed E-state index contributed by atoms with van der Waals surface area (Å²) in [6.07, 6.45) is 1.86. The molecule has 1 rings (SSSR count). The zero-order valence-corrected chi connectivity index (χ0v) is 11.9. The van der Waals surface area contributed by atoms with Crippen LogP contribution in [0.2, 0.25) is 0 Å². The number of nitrogens with zero attached hydrogens (tertiary/aromatic N) is 1. The summed E-state index contributed by atoms with van der Waals surface area (Å²) < 4.78 is 21.6. The molecule has 1 unspecified atom stereocenters. The van der Waals surface area contributed by atoms with Crippen LogP contribution in [0.15, 0.2) is 0 Å². The molecule has 0 N–H and O–H groups in total. The molecule has 1 atom stereocenters. The van der Waals surface area contributed by atoms with Gasteiger partial charge in [0.05, 0.1) is 5.75 Å². The predicted octanol–water partition coefficient (Wildman–Crippen LogP) is 2.31. The molecule has 1 fully saturated rings. The molecule has 16 heavy (non-hydrogen) atoms. The average Bonchev–Trinajstić information content (AvgIpc) is 2.49. The lowest BCUT2D eigenvalue weighted by molar-refractivity contribution is 0.229. The highest BCUT2D eigenvalue weighted by Crippen LogP contribution is 2.33. The van der Waals surface area contributed by atoms with Crippen LogP contribution in [0.1, 0.15) is 33.6 Å². The van der Waals surface area contributed by atoms with Gasteiger partial charge in [0, 0.05) is 17.2 Å². The highest BCUT2D eigenvalue weighted by molar-refractivity contribution is 8.13. The normalized spacial score (nSPS) is 23.9. The van der Waals surface area contributed by atoms with E-state index in [1.807, 2.05) is 0 Å². The van der Waals surface area contributed by atoms with Crippen LogP contribution in [-0.2, 0) is 9.05 Å². The van der Waals surface area contributed by atoms with Crippen molar-refractivity contribution >= 4 is 19.7 Å². The first kappa shape index (κ1) is 14.3. The van der Waals surface area contributed by atoms with Crippen molar-refractivity contribution < 1.29 is 8.42 Å². The van der Waals surface area contributed by atoms with E-state index in [1.54, 1.807) is 0 Å². The van der Waals surface area contributed by atoms with Gasteiger partial charge >= 0.3 is 0 Å². The first-order chi connectivity index (χ1) is 7.18. The van der Waals surface area contributed by atoms with E-state index in [0.29, 0.717) is 11.8 Å². The molecule has 3 nitrogen and oxygen atoms in total. The second-order valence-corrected chi connectivity index (χ2v) is 8.65. The minimum absolute atomic E-state index is 0.0885. The van der Waals surface area contributed by atoms with Crippen LogP contribution in [0.25, 0.3) is 0 Å². The minimum Gasteiger partial charge on any atom is -0.303 e. The summed E-state index contributed by atoms with van der Waals surface area (Å²) >= 11 is 0. The van der Waals surface area contributed by atoms with Crippen molar-refractivity contribution in [3.8, 4) is 0 Å². The van der Waals surface area contributed by atoms with Gasteiger partial charge in [-0.25, -0.2) is 8.42 Å². The third-order valence-electron chi connectivity index (χ3n) is 3.36. The molecule has 0 aromatic carbocycles. The van der Waals surface area contributed by atoms with Crippen LogP contribution in [0.4, 0.5) is 0 Å². The zero-order chi connectivity index (χ0) is 12.4. The first-order valence-electron chi connectivity index (χ1n) is 5.83. The Balaban J connectivity index is 2.27. The van der Waals surface area contributed by atoms with Crippen LogP contribution >= 0.6 is 10.7 Å². The molecule has 0 bridgehead atoms. The van der Waals surface area contributed by atoms with Gasteiger partial charge in [-0.1, -0.05) is 20.8 Å². The van der Waals surface area contributed by atoms with Crippen LogP contribution < -0.4 is 0 Å². The van der Waals surface area contributed by atoms with Crippen molar-refractivity contribution in [1.82, 2.24) is 4.90 Å². The maximum absolute atomic E-state index is 10.8. The van der Waals surface area contributed by atoms with Gasteiger partial charge in [0.25, 0.3) is 0 Å². The summed E-state index contributed by atoms with van der Waals surface area (Å²) in [5.41, 5.74) is 0.354. The Kier molecular flexibility index (Phi) is 4.66. The minimum atomic E-state index is -3.31. The molecule has 0 aromatic heterocycles. The molecule has 1 saturated heterocycles. The van der Waals surface area contributed by atoms with Crippen molar-refractivity contribution in [3.63, 3.8) is 0 Å². The van der Waals surface area contributed by atoms with E-state index >= 15 is 0 Å². The quantitative estimate of drug-likeness (QED) is 0.734. The molecule has 96 valence electrons. The molecule has 0 aromatic rings. The molecule has 0 saturated carbocycles. The average molecular weight is 268 g/mol. The lowest BCUT2D eigenvalue weighted by Crippen LogP contribution is -2.27. The van der Waals surface area contributed by atoms with Crippen molar-refractivity contribution in [2.75, 3.05) is 25.4 Å². The summed E-state index contributed by atoms with van der Waals surface area (Å²) in [7, 11) is 1.86. The summed E-state index contributed by atoms with van der Waals surface area (Å²) in [5, 5.41) is 0. The highest BCUT2D eigenvalue weighted by atomic mass is 35.7. The Bertz CT molecular complexity index is 321. The fraction of sp³-hybridized carbons (Fsp3) is 1.00. The van der Waals surface area contributed by atoms with E-state index in [2.05, 4.69) is 25.7 Å². The Morgan fingerprint density at radius 2 is 2.00 bits per heavy atom. The molecular weight excluding hydrogens is 246 g/mol. The summed E-state index contributed by atoms with van der Waals surface area (Å²) in [5.74, 6) is 0.811. The van der Waals surface area contributed by atoms with Crippen LogP contribution in [0.3, 0.4) is 0 Å². The monoisotopic (exact) mass is 267 g/mol. The number of rotatable bonds is 4. The van der Waals surface area contributed by atoms with Crippen molar-refractivity contribution in [2.24, 2.45) is 11.3 Å². The first-order valence-corrected chi connectivity index (χ1v) is 8.31. The Hall–Kier alpha value is 0.200. The molecule has 1 heterocycles. The van der Waals surface area contributed by atoms with E-state index in [9.17, 15) is 8.42 Å². The van der Waals surface area contributed by atoms with Gasteiger partial charge in [0.15, 0.2) is 0 Å². The largest absolute Gasteiger partial charge is 0.303 e. The molecule has 0 aliphatic carbocycles. The maximum atomic E-state index is 10.8. The Morgan fingerprint density at radius 3 is 2.44 bits per heavy atom. The van der Waals surface area contributed by atoms with Crippen LogP contribution in [0, 0.1) is 11.3 Å². The molecule has 5 heteroatoms. The summed E-state index contributed by atoms with van der Waals surface area (Å²) in [6, 6.07) is 0. The van der Waals surface area contributed by atoms with Gasteiger partial charge in [-0.2, -0.15) is 0 Å². The standard InChI is InChI=1S/C11H22ClNO2S/c1-11(2,3)10-5-7-13(9-10)6-4-8-16(12,14)15/h10H,4-9H2,1-3H3. The molecule has 0 amide bonds. The summed E-state index contributed by atoms with van der Waals surface area (Å²) in [4.78, 5) is 2.35. The lowest BCUT2D eigenvalue weighted by atomic mass is 9.80. The van der Waals surface area contributed by atoms with Crippen molar-refractivity contribution in [1.29, 1.82) is 0 Å². The molecule has 1 aliphatic heterocycles. The lowest BCUT2D eigenvalue weighted by Gasteiger charge is -2.27. The second-order valence-electron chi connectivity index (χ2n) is 5.75. The third-order valence-corrected chi connectivity index (χ3v) is 4.60. The molecule has 1 aliphatic rings. The fourth-order valence-corrected chi connectivity index (χ4v) is 3.00. The van der Waals surface area contributed by atoms with E-state index in [1.165, 1.54) is 6.42 Å². The SMILES string of the molecule is CC(C)(C)C1CCN(CCCS(=O)(=O)Cl)C1. The van der Waals surface area contributed by atoms with E-state index in [-0.39, 0.29) is 5.75 Å². The predicted molar refractivity (Wildman–Crippen MR) is 68.3 cm³/mol. The van der Waals surface area contributed by atoms with Gasteiger partial charge in [-0.15, -0.1) is 0 Å². The third kappa shape index (κ3) is 5.02. The van der Waals surface area contributed by atoms with Gasteiger partial charge in [0.1, 0.15) is 0 Å². The molecule has 0 spiro atoms. The van der Waals surface area contributed by atoms with Gasteiger partial charge in [-0.3, -0.25) is 0 Å². The smallest absolute Gasteiger partial charge is 0.232 e. The number of hydrogen-bond acceptors (Lipinski definition) is 3. The van der Waals surface area contributed by atoms with E-state index in [4.69, 9.17) is 10.7 Å². The summed E-state index contributed by atoms with van der Waals surface area (Å²) in [6.45, 7) is 9.83. The number of halogens is 1. The molecule has 0 radical (unpaired) electrons. The number of likely N-dealkylation sites (tertiary alicyclic amines) is 1. The van der Waals surface area contributed by atoms with Crippen LogP contribution in [0.5, 0.6) is 0 Å². The van der Waals surface area contributed by atoms with Gasteiger partial charge < -0.3 is 4.90 Å². The maximum Gasteiger partial charge on any atom is 0.232 e. The van der Waals surface area contributed by atoms with Crippen molar-refractivity contribution in [3.05, 3.63) is 0 Å². The van der Waals surface area contributed by atoms with E-state index < -0.39 is 9.05 Å². The van der Waals surface area contributed by atoms with E-state index in [0.717, 1.165) is 25.6 Å². The second kappa shape index (κ2) is 5.23. The molecular formula is C11H22ClNO2S. The highest BCUT2D eigenvalue weighted by Gasteiger charge is 2.31. The number of hydrogen-bond donors (Lipinski definition) is 0. The Morgan fingerprint density at radius 1 is 1.38 bits per heavy atom. The topological polar surface area (TPSA) is 37.4 Å². The van der Waals surface area contributed by atoms with Crippen LogP contribution in [-0.4, -0.2) is 38.7 Å².